The van der Waals surface area contributed by atoms with Gasteiger partial charge in [0.2, 0.25) is 5.95 Å². The van der Waals surface area contributed by atoms with Crippen molar-refractivity contribution in [3.63, 3.8) is 0 Å². The molecule has 2 rings (SSSR count). The maximum Gasteiger partial charge on any atom is 0.335 e. The Morgan fingerprint density at radius 1 is 1.62 bits per heavy atom. The normalized spacial score (nSPS) is 10.0. The van der Waals surface area contributed by atoms with Crippen LogP contribution in [-0.2, 0) is 0 Å². The number of H-pyrrole nitrogens is 1. The summed E-state index contributed by atoms with van der Waals surface area (Å²) in [4.78, 5) is 17.8. The van der Waals surface area contributed by atoms with Crippen molar-refractivity contribution in [2.45, 2.75) is 6.92 Å². The first-order valence-corrected chi connectivity index (χ1v) is 4.50. The number of nitrogens with one attached hydrogen (secondary N) is 2. The Kier molecular flexibility index (Phi) is 2.21. The molecule has 3 N–H and O–H groups in total. The predicted octanol–water partition coefficient (Wildman–Crippen LogP) is 1.46. The van der Waals surface area contributed by atoms with Crippen LogP contribution in [0, 0.1) is 18.4 Å². The molecule has 16 heavy (non-hydrogen) atoms. The lowest BCUT2D eigenvalue weighted by molar-refractivity contribution is 0.0697. The van der Waals surface area contributed by atoms with Crippen LogP contribution in [0.4, 0.5) is 5.95 Å². The number of carbonyl (C=O) groups is 1. The van der Waals surface area contributed by atoms with Gasteiger partial charge in [0.25, 0.3) is 0 Å². The summed E-state index contributed by atoms with van der Waals surface area (Å²) < 4.78 is 0. The average molecular weight is 216 g/mol. The Morgan fingerprint density at radius 2 is 2.38 bits per heavy atom. The van der Waals surface area contributed by atoms with Crippen molar-refractivity contribution in [1.82, 2.24) is 9.97 Å². The van der Waals surface area contributed by atoms with E-state index in [0.717, 1.165) is 11.1 Å². The van der Waals surface area contributed by atoms with E-state index in [0.29, 0.717) is 11.5 Å². The molecule has 0 aliphatic heterocycles. The summed E-state index contributed by atoms with van der Waals surface area (Å²) in [6.07, 6.45) is 1.74. The molecular weight excluding hydrogens is 208 g/mol. The number of fused-ring (bicyclic) bond motifs is 1. The second-order valence-corrected chi connectivity index (χ2v) is 3.31. The number of hydrogen-bond donors (Lipinski definition) is 3. The first kappa shape index (κ1) is 9.98. The summed E-state index contributed by atoms with van der Waals surface area (Å²) in [6, 6.07) is 3.02. The van der Waals surface area contributed by atoms with E-state index in [9.17, 15) is 4.79 Å². The smallest absolute Gasteiger partial charge is 0.335 e. The van der Waals surface area contributed by atoms with Gasteiger partial charge in [-0.15, -0.1) is 0 Å². The molecule has 80 valence electrons. The summed E-state index contributed by atoms with van der Waals surface area (Å²) in [5, 5.41) is 19.7. The molecule has 0 atom stereocenters. The molecule has 1 aromatic heterocycles. The molecular formula is C10H8N4O2. The zero-order chi connectivity index (χ0) is 11.7. The molecule has 0 aliphatic carbocycles. The third-order valence-corrected chi connectivity index (χ3v) is 2.21. The van der Waals surface area contributed by atoms with Gasteiger partial charge in [0.05, 0.1) is 16.6 Å². The summed E-state index contributed by atoms with van der Waals surface area (Å²) >= 11 is 0. The predicted molar refractivity (Wildman–Crippen MR) is 57.0 cm³/mol. The number of benzene rings is 1. The zero-order valence-corrected chi connectivity index (χ0v) is 8.40. The van der Waals surface area contributed by atoms with Crippen LogP contribution in [0.25, 0.3) is 11.0 Å². The van der Waals surface area contributed by atoms with Crippen LogP contribution in [0.1, 0.15) is 15.9 Å². The first-order valence-electron chi connectivity index (χ1n) is 4.50. The first-order chi connectivity index (χ1) is 7.61. The Bertz CT molecular complexity index is 609. The van der Waals surface area contributed by atoms with Crippen molar-refractivity contribution in [2.75, 3.05) is 5.32 Å². The minimum atomic E-state index is -0.997. The van der Waals surface area contributed by atoms with Crippen LogP contribution in [0.2, 0.25) is 0 Å². The summed E-state index contributed by atoms with van der Waals surface area (Å²) in [5.74, 6) is -0.689. The highest BCUT2D eigenvalue weighted by Crippen LogP contribution is 2.20. The molecule has 0 fully saturated rings. The van der Waals surface area contributed by atoms with Gasteiger partial charge in [0, 0.05) is 0 Å². The second-order valence-electron chi connectivity index (χ2n) is 3.31. The fourth-order valence-corrected chi connectivity index (χ4v) is 1.52. The highest BCUT2D eigenvalue weighted by atomic mass is 16.4. The maximum atomic E-state index is 10.8. The molecule has 0 aliphatic rings. The number of nitrogens with zero attached hydrogens (tertiary/aromatic N) is 2. The maximum absolute atomic E-state index is 10.8. The van der Waals surface area contributed by atoms with Crippen LogP contribution in [-0.4, -0.2) is 21.0 Å². The highest BCUT2D eigenvalue weighted by molar-refractivity contribution is 5.94. The second kappa shape index (κ2) is 3.55. The van der Waals surface area contributed by atoms with Crippen molar-refractivity contribution in [2.24, 2.45) is 0 Å². The van der Waals surface area contributed by atoms with Crippen LogP contribution >= 0.6 is 0 Å². The standard InChI is InChI=1S/C10H8N4O2/c1-5-2-6(9(15)16)3-7-8(5)14-10(13-7)12-4-11/h2-3H,1H3,(H,15,16)(H2,12,13,14). The molecule has 0 spiro atoms. The number of rotatable bonds is 2. The number of hydrogen-bond acceptors (Lipinski definition) is 4. The van der Waals surface area contributed by atoms with Gasteiger partial charge in [0.15, 0.2) is 6.19 Å². The SMILES string of the molecule is Cc1cc(C(=O)O)cc2nc(NC#N)[nH]c12. The molecule has 0 bridgehead atoms. The number of imidazole rings is 1. The minimum absolute atomic E-state index is 0.181. The van der Waals surface area contributed by atoms with Crippen LogP contribution in [0.3, 0.4) is 0 Å². The van der Waals surface area contributed by atoms with Crippen LogP contribution in [0.5, 0.6) is 0 Å². The van der Waals surface area contributed by atoms with Crippen molar-refractivity contribution in [3.05, 3.63) is 23.3 Å². The van der Waals surface area contributed by atoms with E-state index in [1.54, 1.807) is 19.2 Å². The van der Waals surface area contributed by atoms with E-state index in [-0.39, 0.29) is 5.56 Å². The molecule has 0 unspecified atom stereocenters. The molecule has 0 radical (unpaired) electrons. The number of anilines is 1. The fraction of sp³-hybridized carbons (Fsp3) is 0.100. The van der Waals surface area contributed by atoms with E-state index >= 15 is 0 Å². The Hall–Kier alpha value is -2.55. The van der Waals surface area contributed by atoms with Crippen molar-refractivity contribution >= 4 is 23.0 Å². The van der Waals surface area contributed by atoms with Gasteiger partial charge < -0.3 is 10.1 Å². The highest BCUT2D eigenvalue weighted by Gasteiger charge is 2.10. The average Bonchev–Trinajstić information content (AvgIpc) is 2.61. The largest absolute Gasteiger partial charge is 0.478 e. The zero-order valence-electron chi connectivity index (χ0n) is 8.40. The van der Waals surface area contributed by atoms with E-state index < -0.39 is 5.97 Å². The van der Waals surface area contributed by atoms with Gasteiger partial charge in [-0.05, 0) is 24.6 Å². The van der Waals surface area contributed by atoms with Gasteiger partial charge in [-0.3, -0.25) is 5.32 Å². The minimum Gasteiger partial charge on any atom is -0.478 e. The monoisotopic (exact) mass is 216 g/mol. The Labute approximate surface area is 90.5 Å². The third-order valence-electron chi connectivity index (χ3n) is 2.21. The van der Waals surface area contributed by atoms with Gasteiger partial charge in [-0.25, -0.2) is 9.78 Å². The van der Waals surface area contributed by atoms with Gasteiger partial charge in [-0.2, -0.15) is 5.26 Å². The summed E-state index contributed by atoms with van der Waals surface area (Å²) in [7, 11) is 0. The van der Waals surface area contributed by atoms with Gasteiger partial charge in [-0.1, -0.05) is 0 Å². The number of aromatic amines is 1. The van der Waals surface area contributed by atoms with Crippen molar-refractivity contribution in [1.29, 1.82) is 5.26 Å². The van der Waals surface area contributed by atoms with Crippen molar-refractivity contribution in [3.8, 4) is 6.19 Å². The Morgan fingerprint density at radius 3 is 3.00 bits per heavy atom. The van der Waals surface area contributed by atoms with Crippen LogP contribution in [0.15, 0.2) is 12.1 Å². The van der Waals surface area contributed by atoms with Crippen LogP contribution < -0.4 is 5.32 Å². The van der Waals surface area contributed by atoms with E-state index in [1.807, 2.05) is 0 Å². The molecule has 2 aromatic rings. The number of aromatic nitrogens is 2. The lowest BCUT2D eigenvalue weighted by Crippen LogP contribution is -1.96. The molecule has 1 heterocycles. The van der Waals surface area contributed by atoms with Gasteiger partial charge >= 0.3 is 5.97 Å². The summed E-state index contributed by atoms with van der Waals surface area (Å²) in [6.45, 7) is 1.78. The molecule has 0 saturated heterocycles. The van der Waals surface area contributed by atoms with E-state index in [4.69, 9.17) is 10.4 Å². The number of aromatic carboxylic acids is 1. The number of carboxylic acid groups (broad SMARTS) is 1. The molecule has 6 nitrogen and oxygen atoms in total. The molecule has 0 saturated carbocycles. The summed E-state index contributed by atoms with van der Waals surface area (Å²) in [5.41, 5.74) is 2.20. The number of carboxylic acids is 1. The van der Waals surface area contributed by atoms with Gasteiger partial charge in [0.1, 0.15) is 0 Å². The molecule has 6 heteroatoms. The Balaban J connectivity index is 2.64. The number of nitriles is 1. The quantitative estimate of drug-likeness (QED) is 0.521. The van der Waals surface area contributed by atoms with Crippen molar-refractivity contribution < 1.29 is 9.90 Å². The lowest BCUT2D eigenvalue weighted by Gasteiger charge is -1.97. The number of aryl methyl sites for hydroxylation is 1. The van der Waals surface area contributed by atoms with E-state index in [2.05, 4.69) is 15.3 Å². The molecule has 0 amide bonds. The lowest BCUT2D eigenvalue weighted by atomic mass is 10.1. The fourth-order valence-electron chi connectivity index (χ4n) is 1.52. The topological polar surface area (TPSA) is 102 Å². The molecule has 1 aromatic carbocycles. The van der Waals surface area contributed by atoms with E-state index in [1.165, 1.54) is 6.07 Å². The third kappa shape index (κ3) is 1.54.